The molecule has 0 aromatic heterocycles. The number of rotatable bonds is 6. The second-order valence-corrected chi connectivity index (χ2v) is 5.08. The highest BCUT2D eigenvalue weighted by Crippen LogP contribution is 2.18. The van der Waals surface area contributed by atoms with Crippen molar-refractivity contribution in [1.29, 1.82) is 0 Å². The largest absolute Gasteiger partial charge is 0.487 e. The minimum atomic E-state index is -0.649. The lowest BCUT2D eigenvalue weighted by Crippen LogP contribution is -2.33. The van der Waals surface area contributed by atoms with E-state index in [9.17, 15) is 10.1 Å². The molecule has 7 nitrogen and oxygen atoms in total. The molecule has 0 aliphatic rings. The third kappa shape index (κ3) is 9.59. The van der Waals surface area contributed by atoms with Gasteiger partial charge in [-0.25, -0.2) is 0 Å². The van der Waals surface area contributed by atoms with Gasteiger partial charge in [0.05, 0.1) is 0 Å². The van der Waals surface area contributed by atoms with Crippen molar-refractivity contribution < 1.29 is 14.8 Å². The van der Waals surface area contributed by atoms with Gasteiger partial charge in [0.2, 0.25) is 6.54 Å². The summed E-state index contributed by atoms with van der Waals surface area (Å²) >= 11 is 9.05. The molecule has 0 spiro atoms. The number of aliphatic hydroxyl groups is 1. The van der Waals surface area contributed by atoms with Crippen LogP contribution >= 0.6 is 24.4 Å². The number of nitro groups is 1. The molecule has 1 rings (SSSR count). The van der Waals surface area contributed by atoms with Gasteiger partial charge in [0.15, 0.2) is 6.10 Å². The number of nitrogens with zero attached hydrogens (tertiary/aromatic N) is 2. The molecular weight excluding hydrogens is 338 g/mol. The lowest BCUT2D eigenvalue weighted by molar-refractivity contribution is -0.490. The molecule has 3 N–H and O–H groups in total. The second kappa shape index (κ2) is 11.6. The number of ether oxygens (including phenoxy) is 1. The van der Waals surface area contributed by atoms with E-state index in [2.05, 4.69) is 18.0 Å². The van der Waals surface area contributed by atoms with Crippen molar-refractivity contribution in [2.24, 2.45) is 5.73 Å². The molecule has 1 atom stereocenters. The summed E-state index contributed by atoms with van der Waals surface area (Å²) in [5.74, 6) is 0. The fourth-order valence-corrected chi connectivity index (χ4v) is 2.07. The van der Waals surface area contributed by atoms with Gasteiger partial charge < -0.3 is 20.5 Å². The summed E-state index contributed by atoms with van der Waals surface area (Å²) in [6.07, 6.45) is -0.649. The van der Waals surface area contributed by atoms with Crippen LogP contribution in [0.5, 0.6) is 0 Å². The zero-order chi connectivity index (χ0) is 17.8. The summed E-state index contributed by atoms with van der Waals surface area (Å²) in [6, 6.07) is 9.12. The first-order chi connectivity index (χ1) is 10.8. The SMILES string of the molecule is CCN(CC)C(=S)OC(C[N+](=O)[O-])c1ccccc1.NC(O)=S. The van der Waals surface area contributed by atoms with Gasteiger partial charge in [-0.15, -0.1) is 0 Å². The Kier molecular flexibility index (Phi) is 10.5. The highest BCUT2D eigenvalue weighted by Gasteiger charge is 2.22. The second-order valence-electron chi connectivity index (χ2n) is 4.31. The average Bonchev–Trinajstić information content (AvgIpc) is 2.47. The Labute approximate surface area is 146 Å². The molecular formula is C14H21N3O4S2. The molecule has 1 unspecified atom stereocenters. The third-order valence-corrected chi connectivity index (χ3v) is 3.11. The van der Waals surface area contributed by atoms with Gasteiger partial charge in [-0.1, -0.05) is 30.3 Å². The molecule has 1 aromatic carbocycles. The minimum Gasteiger partial charge on any atom is -0.487 e. The van der Waals surface area contributed by atoms with Crippen LogP contribution in [-0.2, 0) is 4.74 Å². The first-order valence-electron chi connectivity index (χ1n) is 6.92. The standard InChI is InChI=1S/C13H18N2O3S.CH3NOS/c1-3-14(4-2)13(19)18-12(10-15(16)17)11-8-6-5-7-9-11;2-1(3)4/h5-9,12H,3-4,10H2,1-2H3;(H3,2,3,4). The van der Waals surface area contributed by atoms with Crippen LogP contribution in [0, 0.1) is 10.1 Å². The first-order valence-corrected chi connectivity index (χ1v) is 7.74. The Bertz CT molecular complexity index is 506. The van der Waals surface area contributed by atoms with E-state index in [1.54, 1.807) is 12.1 Å². The highest BCUT2D eigenvalue weighted by atomic mass is 32.1. The lowest BCUT2D eigenvalue weighted by Gasteiger charge is -2.24. The molecule has 0 bridgehead atoms. The van der Waals surface area contributed by atoms with E-state index in [0.717, 1.165) is 18.7 Å². The van der Waals surface area contributed by atoms with Crippen LogP contribution in [0.25, 0.3) is 0 Å². The van der Waals surface area contributed by atoms with Crippen molar-refractivity contribution in [3.8, 4) is 0 Å². The zero-order valence-electron chi connectivity index (χ0n) is 13.0. The fourth-order valence-electron chi connectivity index (χ4n) is 1.69. The van der Waals surface area contributed by atoms with Crippen LogP contribution in [-0.4, -0.2) is 44.9 Å². The molecule has 0 saturated carbocycles. The molecule has 23 heavy (non-hydrogen) atoms. The maximum absolute atomic E-state index is 10.7. The Morgan fingerprint density at radius 1 is 1.35 bits per heavy atom. The van der Waals surface area contributed by atoms with Crippen molar-refractivity contribution in [2.75, 3.05) is 19.6 Å². The Hall–Kier alpha value is -2.00. The minimum absolute atomic E-state index is 0.300. The van der Waals surface area contributed by atoms with Gasteiger partial charge in [0, 0.05) is 18.0 Å². The monoisotopic (exact) mass is 359 g/mol. The topological polar surface area (TPSA) is 102 Å². The van der Waals surface area contributed by atoms with Crippen molar-refractivity contribution in [3.05, 3.63) is 46.0 Å². The predicted molar refractivity (Wildman–Crippen MR) is 97.1 cm³/mol. The van der Waals surface area contributed by atoms with Crippen LogP contribution in [0.3, 0.4) is 0 Å². The van der Waals surface area contributed by atoms with E-state index < -0.39 is 11.3 Å². The van der Waals surface area contributed by atoms with E-state index in [-0.39, 0.29) is 11.5 Å². The Morgan fingerprint density at radius 2 is 1.83 bits per heavy atom. The van der Waals surface area contributed by atoms with Gasteiger partial charge in [0.25, 0.3) is 10.3 Å². The van der Waals surface area contributed by atoms with Crippen molar-refractivity contribution in [2.45, 2.75) is 20.0 Å². The summed E-state index contributed by atoms with van der Waals surface area (Å²) in [5.41, 5.74) is 5.16. The number of nitrogens with two attached hydrogens (primary N) is 1. The van der Waals surface area contributed by atoms with Gasteiger partial charge in [-0.3, -0.25) is 10.1 Å². The normalized spacial score (nSPS) is 10.7. The number of hydrogen-bond donors (Lipinski definition) is 2. The Balaban J connectivity index is 0.00000108. The number of hydrogen-bond acceptors (Lipinski definition) is 5. The summed E-state index contributed by atoms with van der Waals surface area (Å²) in [7, 11) is 0. The van der Waals surface area contributed by atoms with Crippen LogP contribution in [0.4, 0.5) is 0 Å². The van der Waals surface area contributed by atoms with Gasteiger partial charge in [-0.05, 0) is 43.8 Å². The van der Waals surface area contributed by atoms with Crippen LogP contribution in [0.2, 0.25) is 0 Å². The van der Waals surface area contributed by atoms with E-state index >= 15 is 0 Å². The number of benzene rings is 1. The highest BCUT2D eigenvalue weighted by molar-refractivity contribution is 7.80. The first kappa shape index (κ1) is 21.0. The zero-order valence-corrected chi connectivity index (χ0v) is 14.7. The summed E-state index contributed by atoms with van der Waals surface area (Å²) in [5, 5.41) is 18.1. The van der Waals surface area contributed by atoms with Crippen LogP contribution < -0.4 is 5.73 Å². The summed E-state index contributed by atoms with van der Waals surface area (Å²) in [6.45, 7) is 5.06. The molecule has 0 saturated heterocycles. The summed E-state index contributed by atoms with van der Waals surface area (Å²) < 4.78 is 5.61. The maximum Gasteiger partial charge on any atom is 0.260 e. The van der Waals surface area contributed by atoms with Gasteiger partial charge in [0.1, 0.15) is 0 Å². The molecule has 128 valence electrons. The van der Waals surface area contributed by atoms with Crippen molar-refractivity contribution in [3.63, 3.8) is 0 Å². The smallest absolute Gasteiger partial charge is 0.260 e. The molecule has 9 heteroatoms. The molecule has 0 amide bonds. The molecule has 1 aromatic rings. The molecule has 0 aliphatic carbocycles. The molecule has 0 aliphatic heterocycles. The quantitative estimate of drug-likeness (QED) is 0.454. The molecule has 0 heterocycles. The maximum atomic E-state index is 10.7. The van der Waals surface area contributed by atoms with E-state index in [4.69, 9.17) is 22.1 Å². The van der Waals surface area contributed by atoms with Crippen LogP contribution in [0.15, 0.2) is 30.3 Å². The van der Waals surface area contributed by atoms with Crippen LogP contribution in [0.1, 0.15) is 25.5 Å². The van der Waals surface area contributed by atoms with Gasteiger partial charge >= 0.3 is 0 Å². The lowest BCUT2D eigenvalue weighted by atomic mass is 10.1. The van der Waals surface area contributed by atoms with E-state index in [0.29, 0.717) is 5.17 Å². The van der Waals surface area contributed by atoms with Crippen molar-refractivity contribution in [1.82, 2.24) is 4.90 Å². The van der Waals surface area contributed by atoms with Gasteiger partial charge in [-0.2, -0.15) is 0 Å². The van der Waals surface area contributed by atoms with E-state index in [1.807, 2.05) is 36.9 Å². The predicted octanol–water partition coefficient (Wildman–Crippen LogP) is 2.44. The Morgan fingerprint density at radius 3 is 2.22 bits per heavy atom. The van der Waals surface area contributed by atoms with Crippen molar-refractivity contribution >= 4 is 34.8 Å². The average molecular weight is 359 g/mol. The fraction of sp³-hybridized carbons (Fsp3) is 0.429. The number of aliphatic hydroxyl groups excluding tert-OH is 1. The third-order valence-electron chi connectivity index (χ3n) is 2.75. The summed E-state index contributed by atoms with van der Waals surface area (Å²) in [4.78, 5) is 12.2. The molecule has 0 fully saturated rings. The molecule has 0 radical (unpaired) electrons. The van der Waals surface area contributed by atoms with E-state index in [1.165, 1.54) is 0 Å². The number of thiocarbonyl (C=S) groups is 2.